The standard InChI is InChI=1S/C19H22F3N5O3/c1-12-15(17(29)27(25(12)2)13-7-4-3-5-8-13)24-18(30)26-10-6-9-14(26)16(28)23-11-19(20,21)22/h3-5,7-8,14H,6,9-11H2,1-2H3,(H,23,28)(H,24,30). The van der Waals surface area contributed by atoms with Gasteiger partial charge >= 0.3 is 12.2 Å². The molecule has 2 aromatic rings. The summed E-state index contributed by atoms with van der Waals surface area (Å²) in [6.45, 7) is 0.403. The Morgan fingerprint density at radius 2 is 1.87 bits per heavy atom. The van der Waals surface area contributed by atoms with Crippen LogP contribution >= 0.6 is 0 Å². The monoisotopic (exact) mass is 425 g/mol. The van der Waals surface area contributed by atoms with E-state index in [1.165, 1.54) is 4.68 Å². The number of carbonyl (C=O) groups excluding carboxylic acids is 2. The van der Waals surface area contributed by atoms with Gasteiger partial charge in [0.15, 0.2) is 0 Å². The molecule has 11 heteroatoms. The van der Waals surface area contributed by atoms with Crippen molar-refractivity contribution in [1.82, 2.24) is 19.6 Å². The Morgan fingerprint density at radius 1 is 1.20 bits per heavy atom. The summed E-state index contributed by atoms with van der Waals surface area (Å²) in [6, 6.07) is 7.12. The highest BCUT2D eigenvalue weighted by Crippen LogP contribution is 2.21. The number of alkyl halides is 3. The van der Waals surface area contributed by atoms with Gasteiger partial charge in [-0.05, 0) is 31.9 Å². The third kappa shape index (κ3) is 4.34. The Kier molecular flexibility index (Phi) is 5.90. The molecule has 1 fully saturated rings. The number of amides is 3. The molecule has 0 aliphatic carbocycles. The number of halogens is 3. The topological polar surface area (TPSA) is 88.4 Å². The van der Waals surface area contributed by atoms with Gasteiger partial charge in [0.05, 0.1) is 11.4 Å². The molecule has 0 spiro atoms. The van der Waals surface area contributed by atoms with Crippen LogP contribution in [0.5, 0.6) is 0 Å². The van der Waals surface area contributed by atoms with Crippen LogP contribution in [-0.4, -0.2) is 51.5 Å². The fourth-order valence-electron chi connectivity index (χ4n) is 3.48. The molecule has 0 radical (unpaired) electrons. The first-order valence-corrected chi connectivity index (χ1v) is 9.36. The SMILES string of the molecule is Cc1c(NC(=O)N2CCCC2C(=O)NCC(F)(F)F)c(=O)n(-c2ccccc2)n1C. The van der Waals surface area contributed by atoms with Crippen LogP contribution in [-0.2, 0) is 11.8 Å². The lowest BCUT2D eigenvalue weighted by atomic mass is 10.2. The number of rotatable bonds is 4. The zero-order chi connectivity index (χ0) is 22.1. The van der Waals surface area contributed by atoms with Crippen molar-refractivity contribution in [2.45, 2.75) is 32.0 Å². The van der Waals surface area contributed by atoms with E-state index in [4.69, 9.17) is 0 Å². The second kappa shape index (κ2) is 8.25. The summed E-state index contributed by atoms with van der Waals surface area (Å²) < 4.78 is 40.1. The molecular weight excluding hydrogens is 403 g/mol. The van der Waals surface area contributed by atoms with Crippen molar-refractivity contribution in [3.8, 4) is 5.69 Å². The Hall–Kier alpha value is -3.24. The smallest absolute Gasteiger partial charge is 0.345 e. The normalized spacial score (nSPS) is 16.6. The molecule has 1 aliphatic heterocycles. The molecule has 30 heavy (non-hydrogen) atoms. The van der Waals surface area contributed by atoms with E-state index in [1.807, 2.05) is 11.4 Å². The maximum atomic E-state index is 12.9. The van der Waals surface area contributed by atoms with Crippen LogP contribution in [0.25, 0.3) is 5.69 Å². The number of nitrogens with one attached hydrogen (secondary N) is 2. The van der Waals surface area contributed by atoms with E-state index >= 15 is 0 Å². The van der Waals surface area contributed by atoms with E-state index < -0.39 is 36.3 Å². The van der Waals surface area contributed by atoms with Crippen LogP contribution in [0.2, 0.25) is 0 Å². The van der Waals surface area contributed by atoms with E-state index in [1.54, 1.807) is 42.9 Å². The number of para-hydroxylation sites is 1. The van der Waals surface area contributed by atoms with E-state index in [2.05, 4.69) is 5.32 Å². The molecular formula is C19H22F3N5O3. The van der Waals surface area contributed by atoms with Crippen molar-refractivity contribution in [1.29, 1.82) is 0 Å². The number of urea groups is 1. The van der Waals surface area contributed by atoms with Crippen molar-refractivity contribution >= 4 is 17.6 Å². The maximum Gasteiger partial charge on any atom is 0.405 e. The largest absolute Gasteiger partial charge is 0.405 e. The van der Waals surface area contributed by atoms with Gasteiger partial charge in [-0.3, -0.25) is 14.3 Å². The lowest BCUT2D eigenvalue weighted by Crippen LogP contribution is -2.49. The molecule has 3 amide bonds. The molecule has 8 nitrogen and oxygen atoms in total. The molecule has 0 bridgehead atoms. The van der Waals surface area contributed by atoms with Crippen LogP contribution in [0.4, 0.5) is 23.7 Å². The van der Waals surface area contributed by atoms with Crippen molar-refractivity contribution < 1.29 is 22.8 Å². The summed E-state index contributed by atoms with van der Waals surface area (Å²) in [5, 5.41) is 4.35. The van der Waals surface area contributed by atoms with Crippen molar-refractivity contribution in [3.05, 3.63) is 46.4 Å². The number of likely N-dealkylation sites (tertiary alicyclic amines) is 1. The van der Waals surface area contributed by atoms with Gasteiger partial charge in [0.1, 0.15) is 18.3 Å². The second-order valence-electron chi connectivity index (χ2n) is 7.05. The van der Waals surface area contributed by atoms with Crippen molar-refractivity contribution in [3.63, 3.8) is 0 Å². The predicted molar refractivity (Wildman–Crippen MR) is 104 cm³/mol. The number of hydrogen-bond acceptors (Lipinski definition) is 3. The minimum Gasteiger partial charge on any atom is -0.345 e. The number of anilines is 1. The number of hydrogen-bond donors (Lipinski definition) is 2. The van der Waals surface area contributed by atoms with E-state index in [0.29, 0.717) is 17.8 Å². The summed E-state index contributed by atoms with van der Waals surface area (Å²) >= 11 is 0. The highest BCUT2D eigenvalue weighted by Gasteiger charge is 2.37. The average molecular weight is 425 g/mol. The molecule has 2 heterocycles. The first-order valence-electron chi connectivity index (χ1n) is 9.36. The first-order chi connectivity index (χ1) is 14.1. The highest BCUT2D eigenvalue weighted by atomic mass is 19.4. The molecule has 1 saturated heterocycles. The third-order valence-electron chi connectivity index (χ3n) is 5.07. The average Bonchev–Trinajstić information content (AvgIpc) is 3.26. The summed E-state index contributed by atoms with van der Waals surface area (Å²) in [6.07, 6.45) is -3.82. The lowest BCUT2D eigenvalue weighted by Gasteiger charge is -2.24. The quantitative estimate of drug-likeness (QED) is 0.787. The number of nitrogens with zero attached hydrogens (tertiary/aromatic N) is 3. The van der Waals surface area contributed by atoms with Crippen molar-refractivity contribution in [2.24, 2.45) is 7.05 Å². The van der Waals surface area contributed by atoms with Crippen LogP contribution in [0.15, 0.2) is 35.1 Å². The van der Waals surface area contributed by atoms with E-state index in [-0.39, 0.29) is 18.7 Å². The molecule has 1 unspecified atom stereocenters. The summed E-state index contributed by atoms with van der Waals surface area (Å²) in [5.74, 6) is -0.869. The van der Waals surface area contributed by atoms with Gasteiger partial charge in [0.2, 0.25) is 5.91 Å². The molecule has 0 saturated carbocycles. The minimum absolute atomic E-state index is 0.0488. The van der Waals surface area contributed by atoms with Crippen LogP contribution in [0.1, 0.15) is 18.5 Å². The molecule has 1 atom stereocenters. The number of carbonyl (C=O) groups is 2. The fourth-order valence-corrected chi connectivity index (χ4v) is 3.48. The summed E-state index contributed by atoms with van der Waals surface area (Å²) in [7, 11) is 1.67. The Labute approximate surface area is 170 Å². The van der Waals surface area contributed by atoms with Crippen LogP contribution < -0.4 is 16.2 Å². The Balaban J connectivity index is 1.79. The first kappa shape index (κ1) is 21.5. The number of aromatic nitrogens is 2. The van der Waals surface area contributed by atoms with Crippen LogP contribution in [0, 0.1) is 6.92 Å². The molecule has 3 rings (SSSR count). The van der Waals surface area contributed by atoms with E-state index in [9.17, 15) is 27.6 Å². The van der Waals surface area contributed by atoms with Gasteiger partial charge in [-0.2, -0.15) is 13.2 Å². The molecule has 2 N–H and O–H groups in total. The van der Waals surface area contributed by atoms with Gasteiger partial charge < -0.3 is 15.5 Å². The predicted octanol–water partition coefficient (Wildman–Crippen LogP) is 2.16. The van der Waals surface area contributed by atoms with Gasteiger partial charge in [-0.1, -0.05) is 18.2 Å². The zero-order valence-corrected chi connectivity index (χ0v) is 16.5. The zero-order valence-electron chi connectivity index (χ0n) is 16.5. The lowest BCUT2D eigenvalue weighted by molar-refractivity contribution is -0.140. The Morgan fingerprint density at radius 3 is 2.50 bits per heavy atom. The Bertz CT molecular complexity index is 997. The summed E-state index contributed by atoms with van der Waals surface area (Å²) in [4.78, 5) is 38.9. The molecule has 1 aromatic carbocycles. The van der Waals surface area contributed by atoms with Gasteiger partial charge in [-0.25, -0.2) is 9.48 Å². The number of benzene rings is 1. The van der Waals surface area contributed by atoms with Gasteiger partial charge in [0.25, 0.3) is 5.56 Å². The van der Waals surface area contributed by atoms with Crippen molar-refractivity contribution in [2.75, 3.05) is 18.4 Å². The molecule has 1 aliphatic rings. The van der Waals surface area contributed by atoms with Gasteiger partial charge in [-0.15, -0.1) is 0 Å². The molecule has 162 valence electrons. The van der Waals surface area contributed by atoms with Gasteiger partial charge in [0, 0.05) is 13.6 Å². The minimum atomic E-state index is -4.54. The molecule has 1 aromatic heterocycles. The van der Waals surface area contributed by atoms with Crippen LogP contribution in [0.3, 0.4) is 0 Å². The van der Waals surface area contributed by atoms with E-state index in [0.717, 1.165) is 4.90 Å². The summed E-state index contributed by atoms with van der Waals surface area (Å²) in [5.41, 5.74) is 0.702. The maximum absolute atomic E-state index is 12.9. The highest BCUT2D eigenvalue weighted by molar-refractivity contribution is 5.94. The third-order valence-corrected chi connectivity index (χ3v) is 5.07. The second-order valence-corrected chi connectivity index (χ2v) is 7.05. The fraction of sp³-hybridized carbons (Fsp3) is 0.421.